The fraction of sp³-hybridized carbons (Fsp3) is 0.632. The van der Waals surface area contributed by atoms with Crippen molar-refractivity contribution in [3.63, 3.8) is 0 Å². The average molecular weight is 335 g/mol. The van der Waals surface area contributed by atoms with Crippen LogP contribution in [0.5, 0.6) is 5.75 Å². The number of carbonyl (C=O) groups excluding carboxylic acids is 1. The minimum atomic E-state index is -0.494. The molecule has 0 spiro atoms. The van der Waals surface area contributed by atoms with E-state index in [1.165, 1.54) is 0 Å². The zero-order valence-corrected chi connectivity index (χ0v) is 15.0. The van der Waals surface area contributed by atoms with E-state index in [0.717, 1.165) is 24.2 Å². The Morgan fingerprint density at radius 1 is 1.29 bits per heavy atom. The van der Waals surface area contributed by atoms with E-state index >= 15 is 0 Å². The van der Waals surface area contributed by atoms with Crippen LogP contribution >= 0.6 is 0 Å². The second-order valence-electron chi connectivity index (χ2n) is 6.52. The van der Waals surface area contributed by atoms with Crippen LogP contribution in [0.3, 0.4) is 0 Å². The van der Waals surface area contributed by atoms with E-state index < -0.39 is 5.79 Å². The Hall–Kier alpha value is -1.59. The smallest absolute Gasteiger partial charge is 0.220 e. The summed E-state index contributed by atoms with van der Waals surface area (Å²) in [6.07, 6.45) is 2.01. The summed E-state index contributed by atoms with van der Waals surface area (Å²) in [5.41, 5.74) is 1.14. The van der Waals surface area contributed by atoms with Gasteiger partial charge in [0.25, 0.3) is 0 Å². The lowest BCUT2D eigenvalue weighted by Gasteiger charge is -2.26. The Morgan fingerprint density at radius 2 is 1.96 bits per heavy atom. The molecule has 0 radical (unpaired) electrons. The number of hydrogen-bond acceptors (Lipinski definition) is 4. The Balaban J connectivity index is 1.65. The fourth-order valence-electron chi connectivity index (χ4n) is 2.93. The van der Waals surface area contributed by atoms with Crippen LogP contribution < -0.4 is 10.1 Å². The van der Waals surface area contributed by atoms with Crippen molar-refractivity contribution in [3.8, 4) is 5.75 Å². The molecule has 0 saturated carbocycles. The highest BCUT2D eigenvalue weighted by molar-refractivity contribution is 5.76. The quantitative estimate of drug-likeness (QED) is 0.754. The molecule has 5 nitrogen and oxygen atoms in total. The Kier molecular flexibility index (Phi) is 7.06. The maximum absolute atomic E-state index is 12.0. The van der Waals surface area contributed by atoms with Crippen molar-refractivity contribution in [1.82, 2.24) is 5.32 Å². The summed E-state index contributed by atoms with van der Waals surface area (Å²) in [6, 6.07) is 7.91. The number of benzene rings is 1. The molecule has 5 heteroatoms. The van der Waals surface area contributed by atoms with Gasteiger partial charge in [-0.3, -0.25) is 4.79 Å². The number of amides is 1. The molecule has 0 aliphatic carbocycles. The van der Waals surface area contributed by atoms with Gasteiger partial charge in [0.1, 0.15) is 5.75 Å². The SMILES string of the molecule is CCOc1ccc(CCC(=O)NC[C@@H](C)CC2(C)OCCO2)cc1. The van der Waals surface area contributed by atoms with Gasteiger partial charge in [0, 0.05) is 19.4 Å². The van der Waals surface area contributed by atoms with E-state index in [-0.39, 0.29) is 5.91 Å². The second kappa shape index (κ2) is 9.04. The molecule has 1 aromatic carbocycles. The predicted octanol–water partition coefficient (Wildman–Crippen LogP) is 2.92. The Labute approximate surface area is 144 Å². The third kappa shape index (κ3) is 6.13. The minimum absolute atomic E-state index is 0.0779. The van der Waals surface area contributed by atoms with E-state index in [0.29, 0.717) is 38.7 Å². The van der Waals surface area contributed by atoms with Crippen LogP contribution in [-0.4, -0.2) is 38.1 Å². The molecule has 24 heavy (non-hydrogen) atoms. The molecule has 1 saturated heterocycles. The van der Waals surface area contributed by atoms with Crippen LogP contribution in [0.25, 0.3) is 0 Å². The number of carbonyl (C=O) groups is 1. The molecule has 1 aromatic rings. The Morgan fingerprint density at radius 3 is 2.58 bits per heavy atom. The molecule has 2 rings (SSSR count). The van der Waals surface area contributed by atoms with E-state index in [2.05, 4.69) is 12.2 Å². The van der Waals surface area contributed by atoms with Gasteiger partial charge < -0.3 is 19.5 Å². The summed E-state index contributed by atoms with van der Waals surface area (Å²) in [7, 11) is 0. The lowest BCUT2D eigenvalue weighted by molar-refractivity contribution is -0.154. The van der Waals surface area contributed by atoms with Crippen LogP contribution in [0.1, 0.15) is 39.2 Å². The zero-order chi connectivity index (χ0) is 17.4. The molecule has 0 aromatic heterocycles. The summed E-state index contributed by atoms with van der Waals surface area (Å²) in [6.45, 7) is 8.63. The van der Waals surface area contributed by atoms with E-state index in [1.807, 2.05) is 38.1 Å². The number of hydrogen-bond donors (Lipinski definition) is 1. The summed E-state index contributed by atoms with van der Waals surface area (Å²) in [4.78, 5) is 12.0. The molecule has 1 N–H and O–H groups in total. The van der Waals surface area contributed by atoms with Crippen LogP contribution in [0.4, 0.5) is 0 Å². The molecule has 1 atom stereocenters. The lowest BCUT2D eigenvalue weighted by Crippen LogP contribution is -2.34. The van der Waals surface area contributed by atoms with Gasteiger partial charge in [-0.2, -0.15) is 0 Å². The van der Waals surface area contributed by atoms with Crippen LogP contribution in [-0.2, 0) is 20.7 Å². The number of ether oxygens (including phenoxy) is 3. The first kappa shape index (κ1) is 18.7. The molecular weight excluding hydrogens is 306 g/mol. The topological polar surface area (TPSA) is 56.8 Å². The van der Waals surface area contributed by atoms with Crippen molar-refractivity contribution in [2.75, 3.05) is 26.4 Å². The third-order valence-corrected chi connectivity index (χ3v) is 4.14. The minimum Gasteiger partial charge on any atom is -0.494 e. The van der Waals surface area contributed by atoms with Gasteiger partial charge in [-0.05, 0) is 43.9 Å². The van der Waals surface area contributed by atoms with E-state index in [1.54, 1.807) is 0 Å². The number of nitrogens with one attached hydrogen (secondary N) is 1. The zero-order valence-electron chi connectivity index (χ0n) is 15.0. The normalized spacial score (nSPS) is 17.5. The number of aryl methyl sites for hydroxylation is 1. The lowest BCUT2D eigenvalue weighted by atomic mass is 10.0. The fourth-order valence-corrected chi connectivity index (χ4v) is 2.93. The van der Waals surface area contributed by atoms with Gasteiger partial charge in [0.15, 0.2) is 5.79 Å². The second-order valence-corrected chi connectivity index (χ2v) is 6.52. The molecule has 1 aliphatic heterocycles. The molecule has 1 amide bonds. The predicted molar refractivity (Wildman–Crippen MR) is 93.0 cm³/mol. The molecule has 1 fully saturated rings. The van der Waals surface area contributed by atoms with Crippen LogP contribution in [0.2, 0.25) is 0 Å². The molecule has 0 unspecified atom stereocenters. The highest BCUT2D eigenvalue weighted by Crippen LogP contribution is 2.26. The van der Waals surface area contributed by atoms with Crippen LogP contribution in [0, 0.1) is 5.92 Å². The van der Waals surface area contributed by atoms with E-state index in [9.17, 15) is 4.79 Å². The maximum atomic E-state index is 12.0. The van der Waals surface area contributed by atoms with Crippen molar-refractivity contribution in [1.29, 1.82) is 0 Å². The van der Waals surface area contributed by atoms with Gasteiger partial charge >= 0.3 is 0 Å². The summed E-state index contributed by atoms with van der Waals surface area (Å²) < 4.78 is 16.6. The van der Waals surface area contributed by atoms with Crippen molar-refractivity contribution in [2.45, 2.75) is 45.8 Å². The van der Waals surface area contributed by atoms with Crippen molar-refractivity contribution in [3.05, 3.63) is 29.8 Å². The van der Waals surface area contributed by atoms with Crippen molar-refractivity contribution < 1.29 is 19.0 Å². The standard InChI is InChI=1S/C19H29NO4/c1-4-22-17-8-5-16(6-9-17)7-10-18(21)20-14-15(2)13-19(3)23-11-12-24-19/h5-6,8-9,15H,4,7,10-14H2,1-3H3,(H,20,21)/t15-/m0/s1. The van der Waals surface area contributed by atoms with Gasteiger partial charge in [0.2, 0.25) is 5.91 Å². The molecule has 1 heterocycles. The Bertz CT molecular complexity index is 509. The van der Waals surface area contributed by atoms with Gasteiger partial charge in [-0.25, -0.2) is 0 Å². The highest BCUT2D eigenvalue weighted by atomic mass is 16.7. The van der Waals surface area contributed by atoms with Crippen molar-refractivity contribution in [2.24, 2.45) is 5.92 Å². The summed E-state index contributed by atoms with van der Waals surface area (Å²) in [5.74, 6) is 0.757. The first-order chi connectivity index (χ1) is 11.5. The molecular formula is C19H29NO4. The van der Waals surface area contributed by atoms with E-state index in [4.69, 9.17) is 14.2 Å². The summed E-state index contributed by atoms with van der Waals surface area (Å²) >= 11 is 0. The van der Waals surface area contributed by atoms with Gasteiger partial charge in [-0.15, -0.1) is 0 Å². The molecule has 0 bridgehead atoms. The summed E-state index contributed by atoms with van der Waals surface area (Å²) in [5, 5.41) is 3.00. The monoisotopic (exact) mass is 335 g/mol. The first-order valence-electron chi connectivity index (χ1n) is 8.77. The number of rotatable bonds is 9. The maximum Gasteiger partial charge on any atom is 0.220 e. The highest BCUT2D eigenvalue weighted by Gasteiger charge is 2.32. The average Bonchev–Trinajstić information content (AvgIpc) is 2.98. The third-order valence-electron chi connectivity index (χ3n) is 4.14. The van der Waals surface area contributed by atoms with Gasteiger partial charge in [-0.1, -0.05) is 19.1 Å². The molecule has 1 aliphatic rings. The molecule has 134 valence electrons. The van der Waals surface area contributed by atoms with Crippen LogP contribution in [0.15, 0.2) is 24.3 Å². The largest absolute Gasteiger partial charge is 0.494 e. The van der Waals surface area contributed by atoms with Crippen molar-refractivity contribution >= 4 is 5.91 Å². The first-order valence-corrected chi connectivity index (χ1v) is 8.77. The van der Waals surface area contributed by atoms with Gasteiger partial charge in [0.05, 0.1) is 19.8 Å².